The number of nitrogens with zero attached hydrogens (tertiary/aromatic N) is 2. The first-order valence-electron chi connectivity index (χ1n) is 8.04. The van der Waals surface area contributed by atoms with Gasteiger partial charge in [-0.15, -0.1) is 0 Å². The fourth-order valence-corrected chi connectivity index (χ4v) is 3.01. The molecule has 0 bridgehead atoms. The topological polar surface area (TPSA) is 63.1 Å². The Morgan fingerprint density at radius 2 is 1.79 bits per heavy atom. The number of hydrogen-bond donors (Lipinski definition) is 2. The first kappa shape index (κ1) is 20.4. The SMILES string of the molecule is CC(O)(Cn1[nH]cnc1=S)c1ccc(Oc2ccc(Cl)cc2)cc1C(F)(F)F. The van der Waals surface area contributed by atoms with Gasteiger partial charge in [-0.1, -0.05) is 17.7 Å². The van der Waals surface area contributed by atoms with Crippen LogP contribution in [0.15, 0.2) is 48.8 Å². The van der Waals surface area contributed by atoms with Gasteiger partial charge in [0.25, 0.3) is 0 Å². The summed E-state index contributed by atoms with van der Waals surface area (Å²) in [6.45, 7) is 1.05. The lowest BCUT2D eigenvalue weighted by Gasteiger charge is -2.27. The predicted octanol–water partition coefficient (Wildman–Crippen LogP) is 5.31. The molecule has 3 aromatic rings. The number of benzene rings is 2. The molecular weight excluding hydrogens is 415 g/mol. The summed E-state index contributed by atoms with van der Waals surface area (Å²) in [5.41, 5.74) is -3.18. The monoisotopic (exact) mass is 429 g/mol. The minimum atomic E-state index is -4.70. The maximum Gasteiger partial charge on any atom is 0.416 e. The quantitative estimate of drug-likeness (QED) is 0.539. The van der Waals surface area contributed by atoms with E-state index in [9.17, 15) is 18.3 Å². The fourth-order valence-electron chi connectivity index (χ4n) is 2.71. The molecule has 0 fully saturated rings. The van der Waals surface area contributed by atoms with E-state index in [0.717, 1.165) is 6.07 Å². The van der Waals surface area contributed by atoms with Crippen LogP contribution in [0.5, 0.6) is 11.5 Å². The van der Waals surface area contributed by atoms with Crippen molar-refractivity contribution < 1.29 is 23.0 Å². The van der Waals surface area contributed by atoms with Crippen molar-refractivity contribution in [1.29, 1.82) is 0 Å². The summed E-state index contributed by atoms with van der Waals surface area (Å²) in [6, 6.07) is 9.61. The lowest BCUT2D eigenvalue weighted by Crippen LogP contribution is -2.31. The average Bonchev–Trinajstić information content (AvgIpc) is 3.00. The van der Waals surface area contributed by atoms with Crippen molar-refractivity contribution in [1.82, 2.24) is 14.8 Å². The summed E-state index contributed by atoms with van der Waals surface area (Å²) in [7, 11) is 0. The molecule has 0 amide bonds. The molecule has 1 unspecified atom stereocenters. The van der Waals surface area contributed by atoms with Gasteiger partial charge < -0.3 is 9.84 Å². The zero-order chi connectivity index (χ0) is 20.5. The number of H-pyrrole nitrogens is 1. The molecule has 3 rings (SSSR count). The van der Waals surface area contributed by atoms with E-state index >= 15 is 0 Å². The van der Waals surface area contributed by atoms with Crippen molar-refractivity contribution in [3.63, 3.8) is 0 Å². The van der Waals surface area contributed by atoms with E-state index in [2.05, 4.69) is 10.1 Å². The molecule has 10 heteroatoms. The van der Waals surface area contributed by atoms with Crippen molar-refractivity contribution in [2.75, 3.05) is 0 Å². The first-order chi connectivity index (χ1) is 13.1. The van der Waals surface area contributed by atoms with Crippen LogP contribution < -0.4 is 4.74 Å². The van der Waals surface area contributed by atoms with Crippen LogP contribution >= 0.6 is 23.8 Å². The molecule has 1 heterocycles. The van der Waals surface area contributed by atoms with Gasteiger partial charge in [0, 0.05) is 5.02 Å². The molecule has 1 atom stereocenters. The van der Waals surface area contributed by atoms with Gasteiger partial charge >= 0.3 is 6.18 Å². The molecule has 0 aliphatic rings. The fraction of sp³-hybridized carbons (Fsp3) is 0.222. The second-order valence-corrected chi connectivity index (χ2v) is 7.09. The van der Waals surface area contributed by atoms with Crippen LogP contribution in [0.1, 0.15) is 18.1 Å². The van der Waals surface area contributed by atoms with Crippen LogP contribution in [0.25, 0.3) is 0 Å². The predicted molar refractivity (Wildman–Crippen MR) is 100.0 cm³/mol. The molecule has 28 heavy (non-hydrogen) atoms. The van der Waals surface area contributed by atoms with E-state index in [1.54, 1.807) is 24.3 Å². The molecule has 2 N–H and O–H groups in total. The molecule has 5 nitrogen and oxygen atoms in total. The van der Waals surface area contributed by atoms with E-state index in [-0.39, 0.29) is 22.6 Å². The second-order valence-electron chi connectivity index (χ2n) is 6.29. The summed E-state index contributed by atoms with van der Waals surface area (Å²) in [5, 5.41) is 13.9. The first-order valence-corrected chi connectivity index (χ1v) is 8.82. The largest absolute Gasteiger partial charge is 0.457 e. The lowest BCUT2D eigenvalue weighted by atomic mass is 9.90. The number of halogens is 4. The molecule has 0 aliphatic carbocycles. The van der Waals surface area contributed by atoms with E-state index in [4.69, 9.17) is 28.6 Å². The Kier molecular flexibility index (Phi) is 5.51. The van der Waals surface area contributed by atoms with Crippen LogP contribution in [0.2, 0.25) is 5.02 Å². The molecule has 0 saturated carbocycles. The van der Waals surface area contributed by atoms with Gasteiger partial charge in [0.15, 0.2) is 0 Å². The van der Waals surface area contributed by atoms with Gasteiger partial charge in [-0.3, -0.25) is 9.78 Å². The third-order valence-corrected chi connectivity index (χ3v) is 4.59. The highest BCUT2D eigenvalue weighted by molar-refractivity contribution is 7.71. The Hall–Kier alpha value is -2.36. The molecule has 0 aliphatic heterocycles. The minimum absolute atomic E-state index is 0.0210. The molecule has 2 aromatic carbocycles. The molecular formula is C18H15ClF3N3O2S. The van der Waals surface area contributed by atoms with Crippen molar-refractivity contribution in [3.8, 4) is 11.5 Å². The lowest BCUT2D eigenvalue weighted by molar-refractivity contribution is -0.140. The van der Waals surface area contributed by atoms with Gasteiger partial charge in [0.05, 0.1) is 12.1 Å². The van der Waals surface area contributed by atoms with Crippen molar-refractivity contribution in [3.05, 3.63) is 69.7 Å². The average molecular weight is 430 g/mol. The number of aliphatic hydroxyl groups is 1. The van der Waals surface area contributed by atoms with E-state index in [1.165, 1.54) is 30.1 Å². The summed E-state index contributed by atoms with van der Waals surface area (Å²) in [6.07, 6.45) is -3.40. The normalized spacial score (nSPS) is 13.9. The molecule has 1 aromatic heterocycles. The highest BCUT2D eigenvalue weighted by Gasteiger charge is 2.39. The zero-order valence-corrected chi connectivity index (χ0v) is 16.1. The van der Waals surface area contributed by atoms with Crippen molar-refractivity contribution in [2.24, 2.45) is 0 Å². The van der Waals surface area contributed by atoms with Crippen LogP contribution in [-0.4, -0.2) is 19.9 Å². The zero-order valence-electron chi connectivity index (χ0n) is 14.5. The maximum absolute atomic E-state index is 13.7. The summed E-state index contributed by atoms with van der Waals surface area (Å²) >= 11 is 10.8. The van der Waals surface area contributed by atoms with Gasteiger partial charge in [0.1, 0.15) is 23.4 Å². The van der Waals surface area contributed by atoms with Crippen LogP contribution in [-0.2, 0) is 18.3 Å². The molecule has 148 valence electrons. The van der Waals surface area contributed by atoms with Crippen LogP contribution in [0.3, 0.4) is 0 Å². The summed E-state index contributed by atoms with van der Waals surface area (Å²) in [4.78, 5) is 3.79. The third-order valence-electron chi connectivity index (χ3n) is 4.01. The Morgan fingerprint density at radius 3 is 2.36 bits per heavy atom. The Labute approximate surface area is 168 Å². The van der Waals surface area contributed by atoms with Crippen LogP contribution in [0, 0.1) is 4.77 Å². The number of aromatic amines is 1. The van der Waals surface area contributed by atoms with Crippen LogP contribution in [0.4, 0.5) is 13.2 Å². The maximum atomic E-state index is 13.7. The number of ether oxygens (including phenoxy) is 1. The van der Waals surface area contributed by atoms with E-state index in [1.807, 2.05) is 0 Å². The standard InChI is InChI=1S/C18H15ClF3N3O2S/c1-17(26,9-25-16(28)23-10-24-25)14-7-6-13(8-15(14)18(20,21)22)27-12-4-2-11(19)3-5-12/h2-8,10,26H,9H2,1H3,(H,23,24,28). The highest BCUT2D eigenvalue weighted by Crippen LogP contribution is 2.40. The minimum Gasteiger partial charge on any atom is -0.457 e. The van der Waals surface area contributed by atoms with Crippen molar-refractivity contribution in [2.45, 2.75) is 25.2 Å². The molecule has 0 radical (unpaired) electrons. The second kappa shape index (κ2) is 7.57. The summed E-state index contributed by atoms with van der Waals surface area (Å²) < 4.78 is 47.9. The third kappa shape index (κ3) is 4.54. The number of nitrogens with one attached hydrogen (secondary N) is 1. The van der Waals surface area contributed by atoms with Gasteiger partial charge in [-0.25, -0.2) is 4.98 Å². The Balaban J connectivity index is 1.98. The number of hydrogen-bond acceptors (Lipinski definition) is 4. The smallest absolute Gasteiger partial charge is 0.416 e. The van der Waals surface area contributed by atoms with Gasteiger partial charge in [-0.05, 0) is 61.1 Å². The van der Waals surface area contributed by atoms with Gasteiger partial charge in [0.2, 0.25) is 4.77 Å². The molecule has 0 saturated heterocycles. The number of aromatic nitrogens is 3. The highest BCUT2D eigenvalue weighted by atomic mass is 35.5. The van der Waals surface area contributed by atoms with Crippen molar-refractivity contribution >= 4 is 23.8 Å². The summed E-state index contributed by atoms with van der Waals surface area (Å²) in [5.74, 6) is 0.313. The Morgan fingerprint density at radius 1 is 1.14 bits per heavy atom. The number of rotatable bonds is 5. The van der Waals surface area contributed by atoms with E-state index in [0.29, 0.717) is 10.8 Å². The van der Waals surface area contributed by atoms with Gasteiger partial charge in [-0.2, -0.15) is 13.2 Å². The number of alkyl halides is 3. The Bertz CT molecular complexity index is 1030. The van der Waals surface area contributed by atoms with E-state index < -0.39 is 17.3 Å². The molecule has 0 spiro atoms.